The van der Waals surface area contributed by atoms with E-state index in [1.54, 1.807) is 0 Å². The summed E-state index contributed by atoms with van der Waals surface area (Å²) in [5.41, 5.74) is 3.48. The lowest BCUT2D eigenvalue weighted by molar-refractivity contribution is -0.116. The summed E-state index contributed by atoms with van der Waals surface area (Å²) in [6.45, 7) is 1.77. The Morgan fingerprint density at radius 1 is 1.37 bits per heavy atom. The van der Waals surface area contributed by atoms with Crippen LogP contribution in [-0.4, -0.2) is 30.9 Å². The van der Waals surface area contributed by atoms with E-state index >= 15 is 0 Å². The number of nitrogens with zero attached hydrogens (tertiary/aromatic N) is 2. The Morgan fingerprint density at radius 3 is 3.00 bits per heavy atom. The summed E-state index contributed by atoms with van der Waals surface area (Å²) in [4.78, 5) is 13.5. The van der Waals surface area contributed by atoms with E-state index in [0.717, 1.165) is 31.6 Å². The average Bonchev–Trinajstić information content (AvgIpc) is 2.42. The molecule has 19 heavy (non-hydrogen) atoms. The number of nitriles is 1. The molecule has 1 aliphatic rings. The van der Waals surface area contributed by atoms with Gasteiger partial charge >= 0.3 is 0 Å². The number of likely N-dealkylation sites (N-methyl/N-ethyl adjacent to an activating group) is 1. The van der Waals surface area contributed by atoms with Crippen LogP contribution in [0.15, 0.2) is 18.2 Å². The zero-order chi connectivity index (χ0) is 13.7. The fourth-order valence-electron chi connectivity index (χ4n) is 2.26. The maximum atomic E-state index is 11.3. The second-order valence-corrected chi connectivity index (χ2v) is 5.00. The number of anilines is 1. The van der Waals surface area contributed by atoms with Gasteiger partial charge in [0.15, 0.2) is 0 Å². The summed E-state index contributed by atoms with van der Waals surface area (Å²) in [5.74, 6) is 0.108. The molecule has 1 aromatic carbocycles. The topological polar surface area (TPSA) is 56.1 Å². The van der Waals surface area contributed by atoms with Gasteiger partial charge in [0.05, 0.1) is 6.07 Å². The molecule has 0 radical (unpaired) electrons. The lowest BCUT2D eigenvalue weighted by Crippen LogP contribution is -2.22. The number of fused-ring (bicyclic) bond motifs is 1. The van der Waals surface area contributed by atoms with E-state index in [-0.39, 0.29) is 5.91 Å². The third-order valence-corrected chi connectivity index (χ3v) is 3.45. The smallest absolute Gasteiger partial charge is 0.224 e. The first kappa shape index (κ1) is 13.6. The maximum Gasteiger partial charge on any atom is 0.224 e. The van der Waals surface area contributed by atoms with Crippen molar-refractivity contribution in [3.8, 4) is 6.07 Å². The van der Waals surface area contributed by atoms with E-state index in [2.05, 4.69) is 28.4 Å². The van der Waals surface area contributed by atoms with Crippen LogP contribution in [0.3, 0.4) is 0 Å². The zero-order valence-electron chi connectivity index (χ0n) is 11.3. The van der Waals surface area contributed by atoms with Gasteiger partial charge in [0.1, 0.15) is 0 Å². The van der Waals surface area contributed by atoms with Gasteiger partial charge in [-0.2, -0.15) is 5.26 Å². The molecule has 0 unspecified atom stereocenters. The highest BCUT2D eigenvalue weighted by molar-refractivity contribution is 5.93. The highest BCUT2D eigenvalue weighted by Crippen LogP contribution is 2.23. The fraction of sp³-hybridized carbons (Fsp3) is 0.467. The molecule has 0 bridgehead atoms. The zero-order valence-corrected chi connectivity index (χ0v) is 11.3. The summed E-state index contributed by atoms with van der Waals surface area (Å²) in [6, 6.07) is 8.42. The van der Waals surface area contributed by atoms with Crippen LogP contribution < -0.4 is 5.32 Å². The highest BCUT2D eigenvalue weighted by atomic mass is 16.1. The predicted molar refractivity (Wildman–Crippen MR) is 74.8 cm³/mol. The summed E-state index contributed by atoms with van der Waals surface area (Å²) in [5, 5.41) is 11.4. The number of aryl methyl sites for hydroxylation is 1. The molecule has 0 spiro atoms. The van der Waals surface area contributed by atoms with Crippen molar-refractivity contribution < 1.29 is 4.79 Å². The third-order valence-electron chi connectivity index (χ3n) is 3.45. The molecule has 1 aliphatic heterocycles. The van der Waals surface area contributed by atoms with Gasteiger partial charge in [-0.15, -0.1) is 0 Å². The summed E-state index contributed by atoms with van der Waals surface area (Å²) < 4.78 is 0. The molecule has 1 aromatic rings. The molecule has 0 saturated carbocycles. The van der Waals surface area contributed by atoms with Crippen molar-refractivity contribution >= 4 is 11.6 Å². The summed E-state index contributed by atoms with van der Waals surface area (Å²) in [6.07, 6.45) is 2.97. The van der Waals surface area contributed by atoms with Crippen LogP contribution in [-0.2, 0) is 17.6 Å². The van der Waals surface area contributed by atoms with Crippen LogP contribution in [0.1, 0.15) is 24.0 Å². The fourth-order valence-corrected chi connectivity index (χ4v) is 2.26. The van der Waals surface area contributed by atoms with Gasteiger partial charge < -0.3 is 10.2 Å². The van der Waals surface area contributed by atoms with Gasteiger partial charge in [-0.1, -0.05) is 12.1 Å². The average molecular weight is 257 g/mol. The Bertz CT molecular complexity index is 505. The van der Waals surface area contributed by atoms with Crippen molar-refractivity contribution in [1.82, 2.24) is 4.90 Å². The van der Waals surface area contributed by atoms with Crippen molar-refractivity contribution in [2.45, 2.75) is 25.7 Å². The molecule has 0 aromatic heterocycles. The Morgan fingerprint density at radius 2 is 2.21 bits per heavy atom. The first-order chi connectivity index (χ1) is 9.19. The van der Waals surface area contributed by atoms with Crippen molar-refractivity contribution in [3.63, 3.8) is 0 Å². The minimum absolute atomic E-state index is 0.108. The number of amides is 1. The molecule has 2 rings (SSSR count). The molecule has 0 atom stereocenters. The molecule has 0 saturated heterocycles. The molecular formula is C15H19N3O. The Hall–Kier alpha value is -1.86. The number of hydrogen-bond donors (Lipinski definition) is 1. The van der Waals surface area contributed by atoms with Crippen molar-refractivity contribution in [3.05, 3.63) is 29.3 Å². The van der Waals surface area contributed by atoms with Gasteiger partial charge in [-0.25, -0.2) is 0 Å². The molecule has 0 fully saturated rings. The van der Waals surface area contributed by atoms with Gasteiger partial charge in [-0.3, -0.25) is 4.79 Å². The van der Waals surface area contributed by atoms with Gasteiger partial charge in [0.25, 0.3) is 0 Å². The van der Waals surface area contributed by atoms with Crippen molar-refractivity contribution in [2.75, 3.05) is 25.5 Å². The molecule has 4 nitrogen and oxygen atoms in total. The number of hydrogen-bond acceptors (Lipinski definition) is 3. The summed E-state index contributed by atoms with van der Waals surface area (Å²) >= 11 is 0. The minimum Gasteiger partial charge on any atom is -0.326 e. The molecule has 100 valence electrons. The van der Waals surface area contributed by atoms with Crippen molar-refractivity contribution in [2.24, 2.45) is 0 Å². The normalized spacial score (nSPS) is 13.8. The number of carbonyl (C=O) groups is 1. The molecular weight excluding hydrogens is 238 g/mol. The maximum absolute atomic E-state index is 11.3. The van der Waals surface area contributed by atoms with Crippen LogP contribution in [0.5, 0.6) is 0 Å². The first-order valence-corrected chi connectivity index (χ1v) is 6.66. The van der Waals surface area contributed by atoms with Gasteiger partial charge in [0, 0.05) is 31.6 Å². The lowest BCUT2D eigenvalue weighted by Gasteiger charge is -2.19. The van der Waals surface area contributed by atoms with Crippen LogP contribution in [0, 0.1) is 11.3 Å². The SMILES string of the molecule is CN(CCC#N)CCc1ccc2c(c1)CCC(=O)N2. The highest BCUT2D eigenvalue weighted by Gasteiger charge is 2.14. The number of benzene rings is 1. The van der Waals surface area contributed by atoms with Crippen LogP contribution in [0.2, 0.25) is 0 Å². The van der Waals surface area contributed by atoms with Crippen molar-refractivity contribution in [1.29, 1.82) is 5.26 Å². The molecule has 4 heteroatoms. The second kappa shape index (κ2) is 6.35. The molecule has 0 aliphatic carbocycles. The Kier molecular flexibility index (Phi) is 4.53. The molecule has 1 amide bonds. The van der Waals surface area contributed by atoms with E-state index in [1.807, 2.05) is 13.1 Å². The van der Waals surface area contributed by atoms with E-state index in [0.29, 0.717) is 12.8 Å². The van der Waals surface area contributed by atoms with Crippen LogP contribution in [0.25, 0.3) is 0 Å². The third kappa shape index (κ3) is 3.80. The summed E-state index contributed by atoms with van der Waals surface area (Å²) in [7, 11) is 2.04. The second-order valence-electron chi connectivity index (χ2n) is 5.00. The monoisotopic (exact) mass is 257 g/mol. The van der Waals surface area contributed by atoms with Crippen LogP contribution in [0.4, 0.5) is 5.69 Å². The Balaban J connectivity index is 1.92. The Labute approximate surface area is 114 Å². The van der Waals surface area contributed by atoms with E-state index in [4.69, 9.17) is 5.26 Å². The largest absolute Gasteiger partial charge is 0.326 e. The predicted octanol–water partition coefficient (Wildman–Crippen LogP) is 1.96. The first-order valence-electron chi connectivity index (χ1n) is 6.66. The van der Waals surface area contributed by atoms with Gasteiger partial charge in [0.2, 0.25) is 5.91 Å². The number of carbonyl (C=O) groups excluding carboxylic acids is 1. The van der Waals surface area contributed by atoms with Gasteiger partial charge in [-0.05, 0) is 37.1 Å². The molecule has 1 heterocycles. The van der Waals surface area contributed by atoms with E-state index in [1.165, 1.54) is 11.1 Å². The van der Waals surface area contributed by atoms with E-state index < -0.39 is 0 Å². The van der Waals surface area contributed by atoms with E-state index in [9.17, 15) is 4.79 Å². The van der Waals surface area contributed by atoms with Crippen LogP contribution >= 0.6 is 0 Å². The number of rotatable bonds is 5. The number of nitrogens with one attached hydrogen (secondary N) is 1. The lowest BCUT2D eigenvalue weighted by atomic mass is 9.99. The standard InChI is InChI=1S/C15H19N3O/c1-18(9-2-8-16)10-7-12-3-5-14-13(11-12)4-6-15(19)17-14/h3,5,11H,2,4,6-7,9-10H2,1H3,(H,17,19). The molecule has 1 N–H and O–H groups in total. The minimum atomic E-state index is 0.108. The quantitative estimate of drug-likeness (QED) is 0.877.